The van der Waals surface area contributed by atoms with Gasteiger partial charge in [0, 0.05) is 27.2 Å². The SMILES string of the molecule is O=C(C[n+]1ccc(-c2cccc(Cl)c2)nc1)c1ccc(Cl)cc1.[Br-]. The van der Waals surface area contributed by atoms with Crippen molar-refractivity contribution in [3.05, 3.63) is 82.7 Å². The van der Waals surface area contributed by atoms with Crippen LogP contribution >= 0.6 is 23.2 Å². The van der Waals surface area contributed by atoms with Crippen molar-refractivity contribution in [2.24, 2.45) is 0 Å². The van der Waals surface area contributed by atoms with E-state index in [0.717, 1.165) is 11.3 Å². The molecule has 0 aliphatic rings. The number of Topliss-reactive ketones (excluding diaryl/α,β-unsaturated/α-hetero) is 1. The molecule has 24 heavy (non-hydrogen) atoms. The zero-order valence-corrected chi connectivity index (χ0v) is 15.6. The van der Waals surface area contributed by atoms with Gasteiger partial charge in [-0.05, 0) is 41.4 Å². The zero-order valence-electron chi connectivity index (χ0n) is 12.5. The van der Waals surface area contributed by atoms with Crippen LogP contribution in [0.4, 0.5) is 0 Å². The van der Waals surface area contributed by atoms with E-state index >= 15 is 0 Å². The molecule has 0 spiro atoms. The molecule has 0 aliphatic carbocycles. The largest absolute Gasteiger partial charge is 1.00 e. The summed E-state index contributed by atoms with van der Waals surface area (Å²) in [4.78, 5) is 16.6. The molecule has 0 bridgehead atoms. The van der Waals surface area contributed by atoms with Crippen molar-refractivity contribution in [1.29, 1.82) is 0 Å². The molecule has 3 aromatic rings. The molecule has 0 radical (unpaired) electrons. The van der Waals surface area contributed by atoms with Gasteiger partial charge in [0.2, 0.25) is 5.78 Å². The number of nitrogens with zero attached hydrogens (tertiary/aromatic N) is 2. The van der Waals surface area contributed by atoms with E-state index in [1.807, 2.05) is 36.5 Å². The fourth-order valence-electron chi connectivity index (χ4n) is 2.19. The van der Waals surface area contributed by atoms with Crippen LogP contribution in [0.2, 0.25) is 10.0 Å². The molecular weight excluding hydrogens is 411 g/mol. The van der Waals surface area contributed by atoms with E-state index in [4.69, 9.17) is 23.2 Å². The van der Waals surface area contributed by atoms with Crippen molar-refractivity contribution in [1.82, 2.24) is 4.98 Å². The molecule has 0 amide bonds. The molecule has 0 saturated carbocycles. The van der Waals surface area contributed by atoms with Crippen LogP contribution in [0, 0.1) is 0 Å². The quantitative estimate of drug-likeness (QED) is 0.467. The topological polar surface area (TPSA) is 33.8 Å². The predicted molar refractivity (Wildman–Crippen MR) is 90.7 cm³/mol. The molecule has 0 fully saturated rings. The lowest BCUT2D eigenvalue weighted by Gasteiger charge is -2.01. The fourth-order valence-corrected chi connectivity index (χ4v) is 2.51. The summed E-state index contributed by atoms with van der Waals surface area (Å²) in [5.41, 5.74) is 2.37. The Balaban J connectivity index is 0.00000208. The number of ketones is 1. The van der Waals surface area contributed by atoms with E-state index in [-0.39, 0.29) is 29.3 Å². The van der Waals surface area contributed by atoms with Crippen molar-refractivity contribution >= 4 is 29.0 Å². The number of carbonyl (C=O) groups is 1. The van der Waals surface area contributed by atoms with Gasteiger partial charge in [-0.15, -0.1) is 0 Å². The third kappa shape index (κ3) is 4.63. The molecule has 0 N–H and O–H groups in total. The number of aromatic nitrogens is 2. The van der Waals surface area contributed by atoms with Crippen molar-refractivity contribution in [3.8, 4) is 11.3 Å². The average molecular weight is 424 g/mol. The van der Waals surface area contributed by atoms with Crippen LogP contribution in [0.5, 0.6) is 0 Å². The molecule has 6 heteroatoms. The number of benzene rings is 2. The third-order valence-electron chi connectivity index (χ3n) is 3.38. The lowest BCUT2D eigenvalue weighted by molar-refractivity contribution is -0.686. The van der Waals surface area contributed by atoms with E-state index in [9.17, 15) is 4.79 Å². The highest BCUT2D eigenvalue weighted by atomic mass is 79.9. The third-order valence-corrected chi connectivity index (χ3v) is 3.87. The molecule has 3 nitrogen and oxygen atoms in total. The van der Waals surface area contributed by atoms with Crippen LogP contribution in [0.25, 0.3) is 11.3 Å². The molecule has 0 unspecified atom stereocenters. The molecule has 0 atom stereocenters. The van der Waals surface area contributed by atoms with Crippen molar-refractivity contribution in [2.45, 2.75) is 6.54 Å². The predicted octanol–water partition coefficient (Wildman–Crippen LogP) is 1.23. The number of halogens is 3. The highest BCUT2D eigenvalue weighted by Gasteiger charge is 2.12. The minimum absolute atomic E-state index is 0. The first-order valence-corrected chi connectivity index (χ1v) is 7.77. The van der Waals surface area contributed by atoms with Crippen LogP contribution in [0.15, 0.2) is 67.1 Å². The van der Waals surface area contributed by atoms with E-state index < -0.39 is 0 Å². The van der Waals surface area contributed by atoms with Crippen LogP contribution in [-0.2, 0) is 6.54 Å². The smallest absolute Gasteiger partial charge is 0.287 e. The lowest BCUT2D eigenvalue weighted by Crippen LogP contribution is -3.00. The monoisotopic (exact) mass is 422 g/mol. The second-order valence-electron chi connectivity index (χ2n) is 5.06. The van der Waals surface area contributed by atoms with Gasteiger partial charge >= 0.3 is 0 Å². The van der Waals surface area contributed by atoms with Gasteiger partial charge in [-0.1, -0.05) is 35.3 Å². The van der Waals surface area contributed by atoms with E-state index in [0.29, 0.717) is 15.6 Å². The molecule has 1 aromatic heterocycles. The first-order chi connectivity index (χ1) is 11.1. The van der Waals surface area contributed by atoms with Crippen LogP contribution in [0.3, 0.4) is 0 Å². The normalized spacial score (nSPS) is 10.1. The molecular formula is C18H13BrCl2N2O. The van der Waals surface area contributed by atoms with Gasteiger partial charge in [-0.3, -0.25) is 4.79 Å². The van der Waals surface area contributed by atoms with E-state index in [1.54, 1.807) is 35.2 Å². The van der Waals surface area contributed by atoms with Gasteiger partial charge < -0.3 is 17.0 Å². The Morgan fingerprint density at radius 2 is 1.75 bits per heavy atom. The average Bonchev–Trinajstić information content (AvgIpc) is 2.56. The van der Waals surface area contributed by atoms with Gasteiger partial charge in [-0.25, -0.2) is 4.57 Å². The highest BCUT2D eigenvalue weighted by Crippen LogP contribution is 2.19. The Bertz CT molecular complexity index is 836. The molecule has 2 aromatic carbocycles. The molecule has 1 heterocycles. The summed E-state index contributed by atoms with van der Waals surface area (Å²) in [5.74, 6) is 0.00368. The maximum absolute atomic E-state index is 12.2. The summed E-state index contributed by atoms with van der Waals surface area (Å²) in [7, 11) is 0. The Hall–Kier alpha value is -1.75. The molecule has 0 saturated heterocycles. The maximum atomic E-state index is 12.2. The molecule has 122 valence electrons. The fraction of sp³-hybridized carbons (Fsp3) is 0.0556. The molecule has 0 aliphatic heterocycles. The Morgan fingerprint density at radius 3 is 2.38 bits per heavy atom. The van der Waals surface area contributed by atoms with Gasteiger partial charge in [0.25, 0.3) is 6.33 Å². The summed E-state index contributed by atoms with van der Waals surface area (Å²) in [6.45, 7) is 0.227. The summed E-state index contributed by atoms with van der Waals surface area (Å²) < 4.78 is 1.74. The number of hydrogen-bond acceptors (Lipinski definition) is 2. The van der Waals surface area contributed by atoms with Gasteiger partial charge in [0.15, 0.2) is 12.2 Å². The zero-order chi connectivity index (χ0) is 16.2. The summed E-state index contributed by atoms with van der Waals surface area (Å²) in [6.07, 6.45) is 3.47. The van der Waals surface area contributed by atoms with Crippen LogP contribution < -0.4 is 21.5 Å². The van der Waals surface area contributed by atoms with Crippen LogP contribution in [-0.4, -0.2) is 10.8 Å². The second kappa shape index (κ2) is 8.38. The lowest BCUT2D eigenvalue weighted by atomic mass is 10.1. The number of carbonyl (C=O) groups excluding carboxylic acids is 1. The Labute approximate surface area is 160 Å². The first-order valence-electron chi connectivity index (χ1n) is 7.01. The van der Waals surface area contributed by atoms with E-state index in [2.05, 4.69) is 4.98 Å². The summed E-state index contributed by atoms with van der Waals surface area (Å²) >= 11 is 11.8. The van der Waals surface area contributed by atoms with Crippen LogP contribution in [0.1, 0.15) is 10.4 Å². The van der Waals surface area contributed by atoms with Crippen molar-refractivity contribution in [3.63, 3.8) is 0 Å². The minimum atomic E-state index is 0. The summed E-state index contributed by atoms with van der Waals surface area (Å²) in [6, 6.07) is 16.2. The number of hydrogen-bond donors (Lipinski definition) is 0. The first kappa shape index (κ1) is 18.6. The Morgan fingerprint density at radius 1 is 1.00 bits per heavy atom. The Kier molecular flexibility index (Phi) is 6.49. The van der Waals surface area contributed by atoms with Crippen molar-refractivity contribution < 1.29 is 26.3 Å². The van der Waals surface area contributed by atoms with Gasteiger partial charge in [-0.2, -0.15) is 0 Å². The summed E-state index contributed by atoms with van der Waals surface area (Å²) in [5, 5.41) is 1.28. The second-order valence-corrected chi connectivity index (χ2v) is 5.93. The highest BCUT2D eigenvalue weighted by molar-refractivity contribution is 6.31. The number of rotatable bonds is 4. The minimum Gasteiger partial charge on any atom is -1.00 e. The molecule has 3 rings (SSSR count). The standard InChI is InChI=1S/C18H13Cl2N2O.BrH/c19-15-6-4-13(5-7-15)18(23)11-22-9-8-17(21-12-22)14-2-1-3-16(20)10-14;/h1-10,12H,11H2;1H/q+1;/p-1. The van der Waals surface area contributed by atoms with Gasteiger partial charge in [0.05, 0.1) is 6.20 Å². The maximum Gasteiger partial charge on any atom is 0.287 e. The van der Waals surface area contributed by atoms with E-state index in [1.165, 1.54) is 0 Å². The van der Waals surface area contributed by atoms with Gasteiger partial charge in [0.1, 0.15) is 0 Å². The van der Waals surface area contributed by atoms with Crippen molar-refractivity contribution in [2.75, 3.05) is 0 Å².